The van der Waals surface area contributed by atoms with Crippen molar-refractivity contribution in [2.24, 2.45) is 5.41 Å². The molecule has 0 bridgehead atoms. The Hall–Kier alpha value is -1.09. The van der Waals surface area contributed by atoms with Gasteiger partial charge in [0.1, 0.15) is 5.82 Å². The van der Waals surface area contributed by atoms with E-state index in [9.17, 15) is 4.39 Å². The third kappa shape index (κ3) is 2.51. The van der Waals surface area contributed by atoms with E-state index in [1.165, 1.54) is 5.56 Å². The fraction of sp³-hybridized carbons (Fsp3) is 0.600. The van der Waals surface area contributed by atoms with Crippen LogP contribution in [0.4, 0.5) is 10.1 Å². The summed E-state index contributed by atoms with van der Waals surface area (Å²) in [5, 5.41) is 3.31. The SMILES string of the molecule is CNC(C)C(C)(C)CN1CCc2ccc(F)cc21. The van der Waals surface area contributed by atoms with Gasteiger partial charge in [0, 0.05) is 24.8 Å². The maximum atomic E-state index is 13.4. The minimum absolute atomic E-state index is 0.139. The lowest BCUT2D eigenvalue weighted by atomic mass is 9.85. The Morgan fingerprint density at radius 2 is 2.17 bits per heavy atom. The van der Waals surface area contributed by atoms with E-state index in [2.05, 4.69) is 31.0 Å². The van der Waals surface area contributed by atoms with Gasteiger partial charge in [-0.25, -0.2) is 4.39 Å². The molecule has 1 aromatic carbocycles. The first-order chi connectivity index (χ1) is 8.44. The molecule has 1 aliphatic heterocycles. The number of halogens is 1. The van der Waals surface area contributed by atoms with Crippen LogP contribution in [0.1, 0.15) is 26.3 Å². The van der Waals surface area contributed by atoms with Gasteiger partial charge >= 0.3 is 0 Å². The molecular weight excluding hydrogens is 227 g/mol. The number of anilines is 1. The number of fused-ring (bicyclic) bond motifs is 1. The highest BCUT2D eigenvalue weighted by Gasteiger charge is 2.30. The molecule has 18 heavy (non-hydrogen) atoms. The predicted octanol–water partition coefficient (Wildman–Crippen LogP) is 2.82. The summed E-state index contributed by atoms with van der Waals surface area (Å²) in [6, 6.07) is 5.57. The molecule has 0 saturated carbocycles. The van der Waals surface area contributed by atoms with Crippen LogP contribution in [0.25, 0.3) is 0 Å². The van der Waals surface area contributed by atoms with Crippen LogP contribution >= 0.6 is 0 Å². The summed E-state index contributed by atoms with van der Waals surface area (Å²) in [7, 11) is 1.99. The van der Waals surface area contributed by atoms with Crippen LogP contribution in [0.2, 0.25) is 0 Å². The van der Waals surface area contributed by atoms with Gasteiger partial charge < -0.3 is 10.2 Å². The lowest BCUT2D eigenvalue weighted by Gasteiger charge is -2.36. The number of hydrogen-bond acceptors (Lipinski definition) is 2. The van der Waals surface area contributed by atoms with Gasteiger partial charge in [0.25, 0.3) is 0 Å². The van der Waals surface area contributed by atoms with Gasteiger partial charge in [-0.3, -0.25) is 0 Å². The maximum Gasteiger partial charge on any atom is 0.125 e. The maximum absolute atomic E-state index is 13.4. The highest BCUT2D eigenvalue weighted by atomic mass is 19.1. The van der Waals surface area contributed by atoms with E-state index in [1.807, 2.05) is 13.1 Å². The molecule has 0 aliphatic carbocycles. The quantitative estimate of drug-likeness (QED) is 0.884. The highest BCUT2D eigenvalue weighted by Crippen LogP contribution is 2.32. The van der Waals surface area contributed by atoms with Crippen molar-refractivity contribution in [3.05, 3.63) is 29.6 Å². The van der Waals surface area contributed by atoms with Crippen molar-refractivity contribution in [2.75, 3.05) is 25.0 Å². The van der Waals surface area contributed by atoms with E-state index < -0.39 is 0 Å². The third-order valence-corrected chi connectivity index (χ3v) is 4.24. The number of nitrogens with one attached hydrogen (secondary N) is 1. The van der Waals surface area contributed by atoms with Crippen LogP contribution in [0.3, 0.4) is 0 Å². The highest BCUT2D eigenvalue weighted by molar-refractivity contribution is 5.58. The molecule has 0 fully saturated rings. The van der Waals surface area contributed by atoms with Gasteiger partial charge in [0.05, 0.1) is 0 Å². The van der Waals surface area contributed by atoms with Crippen molar-refractivity contribution in [3.8, 4) is 0 Å². The first kappa shape index (κ1) is 13.3. The molecule has 1 atom stereocenters. The van der Waals surface area contributed by atoms with Crippen LogP contribution < -0.4 is 10.2 Å². The fourth-order valence-electron chi connectivity index (χ4n) is 2.60. The zero-order chi connectivity index (χ0) is 13.3. The van der Waals surface area contributed by atoms with Crippen LogP contribution in [0.5, 0.6) is 0 Å². The summed E-state index contributed by atoms with van der Waals surface area (Å²) in [4.78, 5) is 2.31. The van der Waals surface area contributed by atoms with Gasteiger partial charge in [-0.05, 0) is 43.5 Å². The van der Waals surface area contributed by atoms with Crippen LogP contribution in [0.15, 0.2) is 18.2 Å². The molecule has 1 unspecified atom stereocenters. The second kappa shape index (κ2) is 4.88. The zero-order valence-electron chi connectivity index (χ0n) is 11.8. The van der Waals surface area contributed by atoms with Crippen molar-refractivity contribution in [1.82, 2.24) is 5.32 Å². The smallest absolute Gasteiger partial charge is 0.125 e. The molecule has 100 valence electrons. The molecule has 1 aromatic rings. The number of benzene rings is 1. The Morgan fingerprint density at radius 1 is 1.44 bits per heavy atom. The van der Waals surface area contributed by atoms with Gasteiger partial charge in [-0.15, -0.1) is 0 Å². The topological polar surface area (TPSA) is 15.3 Å². The Kier molecular flexibility index (Phi) is 3.62. The summed E-state index contributed by atoms with van der Waals surface area (Å²) in [5.74, 6) is -0.139. The predicted molar refractivity (Wildman–Crippen MR) is 74.6 cm³/mol. The van der Waals surface area contributed by atoms with Crippen LogP contribution in [-0.2, 0) is 6.42 Å². The summed E-state index contributed by atoms with van der Waals surface area (Å²) in [6.07, 6.45) is 1.03. The molecule has 2 nitrogen and oxygen atoms in total. The Labute approximate surface area is 109 Å². The molecule has 2 rings (SSSR count). The average molecular weight is 250 g/mol. The Morgan fingerprint density at radius 3 is 2.83 bits per heavy atom. The number of rotatable bonds is 4. The lowest BCUT2D eigenvalue weighted by Crippen LogP contribution is -2.45. The molecule has 3 heteroatoms. The first-order valence-corrected chi connectivity index (χ1v) is 6.64. The zero-order valence-corrected chi connectivity index (χ0v) is 11.8. The molecule has 0 aromatic heterocycles. The summed E-state index contributed by atoms with van der Waals surface area (Å²) < 4.78 is 13.4. The molecular formula is C15H23FN2. The molecule has 0 spiro atoms. The van der Waals surface area contributed by atoms with Crippen LogP contribution in [0, 0.1) is 11.2 Å². The number of hydrogen-bond donors (Lipinski definition) is 1. The largest absolute Gasteiger partial charge is 0.370 e. The second-order valence-electron chi connectivity index (χ2n) is 5.94. The van der Waals surface area contributed by atoms with Crippen molar-refractivity contribution < 1.29 is 4.39 Å². The van der Waals surface area contributed by atoms with Gasteiger partial charge in [-0.2, -0.15) is 0 Å². The Bertz CT molecular complexity index is 429. The standard InChI is InChI=1S/C15H23FN2/c1-11(17-4)15(2,3)10-18-8-7-12-5-6-13(16)9-14(12)18/h5-6,9,11,17H,7-8,10H2,1-4H3. The molecule has 1 heterocycles. The van der Waals surface area contributed by atoms with Crippen molar-refractivity contribution in [2.45, 2.75) is 33.2 Å². The van der Waals surface area contributed by atoms with Gasteiger partial charge in [0.2, 0.25) is 0 Å². The normalized spacial score (nSPS) is 16.8. The first-order valence-electron chi connectivity index (χ1n) is 6.64. The summed E-state index contributed by atoms with van der Waals surface area (Å²) in [6.45, 7) is 8.66. The van der Waals surface area contributed by atoms with Gasteiger partial charge in [0.15, 0.2) is 0 Å². The van der Waals surface area contributed by atoms with E-state index in [-0.39, 0.29) is 11.2 Å². The van der Waals surface area contributed by atoms with Crippen LogP contribution in [-0.4, -0.2) is 26.2 Å². The molecule has 0 amide bonds. The number of nitrogens with zero attached hydrogens (tertiary/aromatic N) is 1. The molecule has 1 aliphatic rings. The minimum atomic E-state index is -0.139. The molecule has 0 saturated heterocycles. The van der Waals surface area contributed by atoms with E-state index in [0.717, 1.165) is 25.2 Å². The van der Waals surface area contributed by atoms with E-state index >= 15 is 0 Å². The fourth-order valence-corrected chi connectivity index (χ4v) is 2.60. The van der Waals surface area contributed by atoms with Crippen molar-refractivity contribution >= 4 is 5.69 Å². The Balaban J connectivity index is 2.17. The van der Waals surface area contributed by atoms with Gasteiger partial charge in [-0.1, -0.05) is 19.9 Å². The van der Waals surface area contributed by atoms with Crippen molar-refractivity contribution in [1.29, 1.82) is 0 Å². The van der Waals surface area contributed by atoms with E-state index in [0.29, 0.717) is 6.04 Å². The molecule has 0 radical (unpaired) electrons. The monoisotopic (exact) mass is 250 g/mol. The minimum Gasteiger partial charge on any atom is -0.370 e. The van der Waals surface area contributed by atoms with E-state index in [1.54, 1.807) is 12.1 Å². The summed E-state index contributed by atoms with van der Waals surface area (Å²) >= 11 is 0. The summed E-state index contributed by atoms with van der Waals surface area (Å²) in [5.41, 5.74) is 2.50. The molecule has 1 N–H and O–H groups in total. The average Bonchev–Trinajstić information content (AvgIpc) is 2.70. The lowest BCUT2D eigenvalue weighted by molar-refractivity contribution is 0.273. The van der Waals surface area contributed by atoms with Crippen molar-refractivity contribution in [3.63, 3.8) is 0 Å². The van der Waals surface area contributed by atoms with E-state index in [4.69, 9.17) is 0 Å². The second-order valence-corrected chi connectivity index (χ2v) is 5.94. The third-order valence-electron chi connectivity index (χ3n) is 4.24.